The number of aromatic amines is 1. The van der Waals surface area contributed by atoms with Gasteiger partial charge in [0.05, 0.1) is 22.5 Å². The van der Waals surface area contributed by atoms with Crippen LogP contribution in [0.1, 0.15) is 0 Å². The van der Waals surface area contributed by atoms with Crippen molar-refractivity contribution in [1.82, 2.24) is 9.97 Å². The second-order valence-corrected chi connectivity index (χ2v) is 3.05. The molecule has 2 heterocycles. The highest BCUT2D eigenvalue weighted by molar-refractivity contribution is 9.10. The number of halogens is 2. The zero-order valence-electron chi connectivity index (χ0n) is 5.44. The number of nitrogens with zero attached hydrogens (tertiary/aromatic N) is 1. The summed E-state index contributed by atoms with van der Waals surface area (Å²) in [6.45, 7) is 0. The Kier molecular flexibility index (Phi) is 1.42. The molecule has 0 atom stereocenters. The van der Waals surface area contributed by atoms with Crippen molar-refractivity contribution >= 4 is 26.8 Å². The molecule has 0 aliphatic carbocycles. The molecule has 0 saturated heterocycles. The summed E-state index contributed by atoms with van der Waals surface area (Å²) in [5.74, 6) is -0.301. The number of aromatic nitrogens is 2. The highest BCUT2D eigenvalue weighted by Crippen LogP contribution is 2.20. The lowest BCUT2D eigenvalue weighted by atomic mass is 10.3. The summed E-state index contributed by atoms with van der Waals surface area (Å²) >= 11 is 3.21. The van der Waals surface area contributed by atoms with Crippen LogP contribution in [0.4, 0.5) is 4.39 Å². The van der Waals surface area contributed by atoms with Gasteiger partial charge in [-0.25, -0.2) is 4.39 Å². The van der Waals surface area contributed by atoms with Gasteiger partial charge in [0.25, 0.3) is 0 Å². The van der Waals surface area contributed by atoms with Crippen molar-refractivity contribution in [1.29, 1.82) is 0 Å². The zero-order chi connectivity index (χ0) is 7.84. The third kappa shape index (κ3) is 1.03. The van der Waals surface area contributed by atoms with Crippen LogP contribution in [0.3, 0.4) is 0 Å². The van der Waals surface area contributed by atoms with Gasteiger partial charge in [-0.3, -0.25) is 4.98 Å². The molecule has 0 unspecified atom stereocenters. The van der Waals surface area contributed by atoms with E-state index in [2.05, 4.69) is 25.9 Å². The Morgan fingerprint density at radius 2 is 2.27 bits per heavy atom. The van der Waals surface area contributed by atoms with Crippen molar-refractivity contribution in [2.75, 3.05) is 0 Å². The van der Waals surface area contributed by atoms with Crippen LogP contribution in [-0.2, 0) is 0 Å². The van der Waals surface area contributed by atoms with Crippen LogP contribution in [0.5, 0.6) is 0 Å². The molecule has 11 heavy (non-hydrogen) atoms. The first-order valence-electron chi connectivity index (χ1n) is 3.05. The summed E-state index contributed by atoms with van der Waals surface area (Å²) in [4.78, 5) is 6.61. The Morgan fingerprint density at radius 3 is 3.00 bits per heavy atom. The predicted molar refractivity (Wildman–Crippen MR) is 43.8 cm³/mol. The third-order valence-electron chi connectivity index (χ3n) is 1.46. The highest BCUT2D eigenvalue weighted by atomic mass is 79.9. The van der Waals surface area contributed by atoms with Gasteiger partial charge in [0.2, 0.25) is 0 Å². The lowest BCUT2D eigenvalue weighted by molar-refractivity contribution is 0.634. The second kappa shape index (κ2) is 2.30. The lowest BCUT2D eigenvalue weighted by Crippen LogP contribution is -1.77. The number of hydrogen-bond donors (Lipinski definition) is 1. The Balaban J connectivity index is 2.90. The van der Waals surface area contributed by atoms with Crippen LogP contribution < -0.4 is 0 Å². The summed E-state index contributed by atoms with van der Waals surface area (Å²) in [7, 11) is 0. The molecule has 0 fully saturated rings. The van der Waals surface area contributed by atoms with E-state index in [-0.39, 0.29) is 5.82 Å². The fourth-order valence-corrected chi connectivity index (χ4v) is 1.43. The molecule has 2 aromatic rings. The Morgan fingerprint density at radius 1 is 1.45 bits per heavy atom. The molecular formula is C7H4BrFN2. The number of hydrogen-bond acceptors (Lipinski definition) is 1. The number of H-pyrrole nitrogens is 1. The molecule has 0 spiro atoms. The first-order chi connectivity index (χ1) is 5.27. The van der Waals surface area contributed by atoms with Gasteiger partial charge >= 0.3 is 0 Å². The van der Waals surface area contributed by atoms with E-state index in [1.807, 2.05) is 0 Å². The lowest BCUT2D eigenvalue weighted by Gasteiger charge is -1.87. The summed E-state index contributed by atoms with van der Waals surface area (Å²) < 4.78 is 13.7. The normalized spacial score (nSPS) is 10.7. The van der Waals surface area contributed by atoms with Crippen LogP contribution in [0, 0.1) is 5.82 Å². The molecule has 56 valence electrons. The van der Waals surface area contributed by atoms with Gasteiger partial charge in [-0.15, -0.1) is 0 Å². The van der Waals surface area contributed by atoms with Gasteiger partial charge in [0.1, 0.15) is 0 Å². The first-order valence-corrected chi connectivity index (χ1v) is 3.84. The molecule has 0 aliphatic heterocycles. The molecule has 2 rings (SSSR count). The smallest absolute Gasteiger partial charge is 0.150 e. The first kappa shape index (κ1) is 6.79. The van der Waals surface area contributed by atoms with Gasteiger partial charge in [-0.05, 0) is 22.0 Å². The van der Waals surface area contributed by atoms with Crippen molar-refractivity contribution < 1.29 is 4.39 Å². The molecule has 0 saturated carbocycles. The van der Waals surface area contributed by atoms with E-state index in [0.29, 0.717) is 10.9 Å². The molecule has 1 N–H and O–H groups in total. The van der Waals surface area contributed by atoms with E-state index >= 15 is 0 Å². The summed E-state index contributed by atoms with van der Waals surface area (Å²) in [5.41, 5.74) is 0.705. The third-order valence-corrected chi connectivity index (χ3v) is 1.89. The number of rotatable bonds is 0. The van der Waals surface area contributed by atoms with Crippen molar-refractivity contribution in [3.05, 3.63) is 28.9 Å². The zero-order valence-corrected chi connectivity index (χ0v) is 7.02. The van der Waals surface area contributed by atoms with Gasteiger partial charge in [0.15, 0.2) is 5.82 Å². The summed E-state index contributed by atoms with van der Waals surface area (Å²) in [6, 6.07) is 1.69. The van der Waals surface area contributed by atoms with Crippen molar-refractivity contribution in [3.63, 3.8) is 0 Å². The largest absolute Gasteiger partial charge is 0.348 e. The summed E-state index contributed by atoms with van der Waals surface area (Å²) in [6.07, 6.45) is 2.78. The standard InChI is InChI=1S/C7H4BrFN2/c8-7-1-4-5(9)2-10-3-6(4)11-7/h1-3,11H. The van der Waals surface area contributed by atoms with Gasteiger partial charge in [-0.2, -0.15) is 0 Å². The molecule has 2 aromatic heterocycles. The minimum Gasteiger partial charge on any atom is -0.348 e. The van der Waals surface area contributed by atoms with Crippen molar-refractivity contribution in [2.45, 2.75) is 0 Å². The van der Waals surface area contributed by atoms with Gasteiger partial charge in [0, 0.05) is 5.39 Å². The Hall–Kier alpha value is -0.900. The minimum atomic E-state index is -0.301. The Bertz CT molecular complexity index is 396. The monoisotopic (exact) mass is 214 g/mol. The second-order valence-electron chi connectivity index (χ2n) is 2.20. The number of fused-ring (bicyclic) bond motifs is 1. The fourth-order valence-electron chi connectivity index (χ4n) is 0.983. The highest BCUT2D eigenvalue weighted by Gasteiger charge is 2.02. The maximum absolute atomic E-state index is 12.9. The molecule has 0 bridgehead atoms. The quantitative estimate of drug-likeness (QED) is 0.718. The average Bonchev–Trinajstić information content (AvgIpc) is 2.31. The SMILES string of the molecule is Fc1cncc2[nH]c(Br)cc12. The minimum absolute atomic E-state index is 0.301. The van der Waals surface area contributed by atoms with E-state index in [1.165, 1.54) is 6.20 Å². The van der Waals surface area contributed by atoms with Crippen LogP contribution in [0.15, 0.2) is 23.1 Å². The van der Waals surface area contributed by atoms with E-state index in [0.717, 1.165) is 4.60 Å². The van der Waals surface area contributed by atoms with Crippen LogP contribution in [-0.4, -0.2) is 9.97 Å². The number of pyridine rings is 1. The van der Waals surface area contributed by atoms with E-state index in [1.54, 1.807) is 12.3 Å². The molecule has 4 heteroatoms. The molecule has 2 nitrogen and oxygen atoms in total. The van der Waals surface area contributed by atoms with E-state index in [4.69, 9.17) is 0 Å². The predicted octanol–water partition coefficient (Wildman–Crippen LogP) is 2.46. The number of nitrogens with one attached hydrogen (secondary N) is 1. The molecular weight excluding hydrogens is 211 g/mol. The van der Waals surface area contributed by atoms with E-state index in [9.17, 15) is 4.39 Å². The maximum Gasteiger partial charge on any atom is 0.150 e. The molecule has 0 aliphatic rings. The van der Waals surface area contributed by atoms with Crippen LogP contribution in [0.25, 0.3) is 10.9 Å². The molecule has 0 amide bonds. The molecule has 0 aromatic carbocycles. The topological polar surface area (TPSA) is 28.7 Å². The van der Waals surface area contributed by atoms with Crippen LogP contribution >= 0.6 is 15.9 Å². The Labute approximate surface area is 70.6 Å². The fraction of sp³-hybridized carbons (Fsp3) is 0. The van der Waals surface area contributed by atoms with Gasteiger partial charge < -0.3 is 4.98 Å². The maximum atomic E-state index is 12.9. The summed E-state index contributed by atoms with van der Waals surface area (Å²) in [5, 5.41) is 0.562. The van der Waals surface area contributed by atoms with Gasteiger partial charge in [-0.1, -0.05) is 0 Å². The molecule has 0 radical (unpaired) electrons. The van der Waals surface area contributed by atoms with Crippen molar-refractivity contribution in [3.8, 4) is 0 Å². The van der Waals surface area contributed by atoms with Crippen LogP contribution in [0.2, 0.25) is 0 Å². The average molecular weight is 215 g/mol. The van der Waals surface area contributed by atoms with Crippen molar-refractivity contribution in [2.24, 2.45) is 0 Å². The van der Waals surface area contributed by atoms with E-state index < -0.39 is 0 Å².